The number of rotatable bonds is 4. The van der Waals surface area contributed by atoms with E-state index in [1.807, 2.05) is 18.2 Å². The Bertz CT molecular complexity index is 4030. The Morgan fingerprint density at radius 3 is 1.32 bits per heavy atom. The molecular weight excluding hydrogens is 893 g/mol. The zero-order chi connectivity index (χ0) is 51.4. The predicted molar refractivity (Wildman–Crippen MR) is 309 cm³/mol. The van der Waals surface area contributed by atoms with Crippen molar-refractivity contribution in [3.05, 3.63) is 190 Å². The maximum Gasteiger partial charge on any atom is 0.347 e. The average molecular weight is 957 g/mol. The lowest BCUT2D eigenvalue weighted by molar-refractivity contribution is 0.555. The van der Waals surface area contributed by atoms with Gasteiger partial charge in [0.2, 0.25) is 5.71 Å². The lowest BCUT2D eigenvalue weighted by Crippen LogP contribution is -2.11. The molecule has 4 aromatic heterocycles. The second-order valence-electron chi connectivity index (χ2n) is 24.1. The molecule has 5 heterocycles. The Morgan fingerprint density at radius 2 is 0.808 bits per heavy atom. The number of nitrogens with zero attached hydrogens (tertiary/aromatic N) is 2. The van der Waals surface area contributed by atoms with Crippen molar-refractivity contribution in [3.63, 3.8) is 0 Å². The topological polar surface area (TPSA) is 87.6 Å². The first-order valence-corrected chi connectivity index (χ1v) is 25.6. The maximum atomic E-state index is 15.5. The number of nitrogens with one attached hydrogen (secondary N) is 2. The van der Waals surface area contributed by atoms with Gasteiger partial charge in [0.1, 0.15) is 0 Å². The van der Waals surface area contributed by atoms with Gasteiger partial charge < -0.3 is 14.4 Å². The second-order valence-corrected chi connectivity index (χ2v) is 24.1. The molecule has 0 spiro atoms. The van der Waals surface area contributed by atoms with E-state index in [-0.39, 0.29) is 27.4 Å². The highest BCUT2D eigenvalue weighted by atomic mass is 16.4. The van der Waals surface area contributed by atoms with Gasteiger partial charge in [-0.1, -0.05) is 198 Å². The molecule has 0 saturated heterocycles. The van der Waals surface area contributed by atoms with Crippen LogP contribution in [0.3, 0.4) is 0 Å². The molecule has 0 fully saturated rings. The Labute approximate surface area is 428 Å². The third kappa shape index (κ3) is 8.57. The highest BCUT2D eigenvalue weighted by Crippen LogP contribution is 2.44. The predicted octanol–water partition coefficient (Wildman–Crippen LogP) is 17.9. The van der Waals surface area contributed by atoms with Gasteiger partial charge in [-0.15, -0.1) is 0 Å². The van der Waals surface area contributed by atoms with Gasteiger partial charge in [-0.3, -0.25) is 0 Å². The fourth-order valence-electron chi connectivity index (χ4n) is 10.5. The molecule has 6 nitrogen and oxygen atoms in total. The summed E-state index contributed by atoms with van der Waals surface area (Å²) >= 11 is 0. The van der Waals surface area contributed by atoms with Gasteiger partial charge in [0, 0.05) is 38.6 Å². The summed E-state index contributed by atoms with van der Waals surface area (Å²) in [6.45, 7) is 26.8. The molecule has 6 aromatic carbocycles. The van der Waals surface area contributed by atoms with Crippen LogP contribution in [0.15, 0.2) is 155 Å². The van der Waals surface area contributed by atoms with Crippen LogP contribution < -0.4 is 5.63 Å². The molecule has 6 heteroatoms. The summed E-state index contributed by atoms with van der Waals surface area (Å²) in [5.41, 5.74) is 17.1. The number of aromatic nitrogens is 4. The summed E-state index contributed by atoms with van der Waals surface area (Å²) in [5.74, 6) is 0. The summed E-state index contributed by atoms with van der Waals surface area (Å²) in [4.78, 5) is 34.5. The largest absolute Gasteiger partial charge is 0.403 e. The van der Waals surface area contributed by atoms with Crippen LogP contribution in [-0.4, -0.2) is 19.9 Å². The molecule has 0 amide bonds. The number of fused-ring (bicyclic) bond motifs is 10. The van der Waals surface area contributed by atoms with Gasteiger partial charge in [0.15, 0.2) is 0 Å². The molecule has 8 bridgehead atoms. The Kier molecular flexibility index (Phi) is 11.2. The van der Waals surface area contributed by atoms with Gasteiger partial charge >= 0.3 is 5.63 Å². The first-order valence-electron chi connectivity index (χ1n) is 25.6. The number of aromatic amines is 2. The van der Waals surface area contributed by atoms with E-state index < -0.39 is 5.63 Å². The summed E-state index contributed by atoms with van der Waals surface area (Å²) in [6, 6.07) is 51.8. The zero-order valence-corrected chi connectivity index (χ0v) is 44.2. The molecule has 0 atom stereocenters. The van der Waals surface area contributed by atoms with Crippen LogP contribution in [0.1, 0.15) is 117 Å². The SMILES string of the molecule is CC(C)(C)c1ccc(-c2c3nc(c4c5ccc(C(C)(C)C)cc5c(-c5ccccc5)c5c(=O)oc(nc54)c(-c4ccc(C(C)(C)C)cc4)c4ccc([nH]4)c(-c4ccc(C(C)(C)C)cc4)c4ccc2[nH]4)C=C3)cc1. The quantitative estimate of drug-likeness (QED) is 0.172. The van der Waals surface area contributed by atoms with Crippen LogP contribution in [0.25, 0.3) is 112 Å². The molecular formula is C67H64N4O2. The van der Waals surface area contributed by atoms with Crippen molar-refractivity contribution in [2.24, 2.45) is 0 Å². The lowest BCUT2D eigenvalue weighted by Gasteiger charge is -2.21. The maximum absolute atomic E-state index is 15.5. The van der Waals surface area contributed by atoms with Crippen molar-refractivity contribution < 1.29 is 4.42 Å². The van der Waals surface area contributed by atoms with E-state index in [9.17, 15) is 0 Å². The Balaban J connectivity index is 1.37. The minimum absolute atomic E-state index is 0.0206. The van der Waals surface area contributed by atoms with Gasteiger partial charge in [-0.2, -0.15) is 0 Å². The van der Waals surface area contributed by atoms with E-state index in [0.717, 1.165) is 88.4 Å². The highest BCUT2D eigenvalue weighted by Gasteiger charge is 2.26. The first-order chi connectivity index (χ1) is 34.6. The number of H-pyrrole nitrogens is 2. The number of hydrogen-bond acceptors (Lipinski definition) is 4. The Morgan fingerprint density at radius 1 is 0.384 bits per heavy atom. The van der Waals surface area contributed by atoms with Gasteiger partial charge in [0.05, 0.1) is 33.4 Å². The van der Waals surface area contributed by atoms with Crippen molar-refractivity contribution in [2.45, 2.75) is 105 Å². The van der Waals surface area contributed by atoms with E-state index >= 15 is 4.79 Å². The minimum atomic E-state index is -0.471. The van der Waals surface area contributed by atoms with Gasteiger partial charge in [-0.05, 0) is 119 Å². The fourth-order valence-corrected chi connectivity index (χ4v) is 10.5. The van der Waals surface area contributed by atoms with Crippen molar-refractivity contribution in [2.75, 3.05) is 0 Å². The molecule has 0 saturated carbocycles. The minimum Gasteiger partial charge on any atom is -0.403 e. The average Bonchev–Trinajstić information content (AvgIpc) is 4.14. The molecule has 364 valence electrons. The van der Waals surface area contributed by atoms with E-state index in [1.54, 1.807) is 0 Å². The summed E-state index contributed by atoms with van der Waals surface area (Å²) in [7, 11) is 0. The fraction of sp³-hybridized carbons (Fsp3) is 0.239. The van der Waals surface area contributed by atoms with Crippen LogP contribution in [0, 0.1) is 0 Å². The molecule has 11 rings (SSSR count). The number of hydrogen-bond donors (Lipinski definition) is 2. The Hall–Kier alpha value is -7.83. The summed E-state index contributed by atoms with van der Waals surface area (Å²) < 4.78 is 6.69. The molecule has 2 N–H and O–H groups in total. The van der Waals surface area contributed by atoms with E-state index in [4.69, 9.17) is 14.4 Å². The summed E-state index contributed by atoms with van der Waals surface area (Å²) in [5, 5.41) is 3.07. The van der Waals surface area contributed by atoms with E-state index in [2.05, 4.69) is 233 Å². The van der Waals surface area contributed by atoms with Crippen LogP contribution in [-0.2, 0) is 21.7 Å². The standard InChI is InChI=1S/C67H64N4O2/c1-64(2,3)43-24-18-40(19-25-43)56-49-32-33-50(68-49)57(41-20-26-44(27-21-41)65(4,5)6)52-35-37-54(70-52)59-47-31-30-46(67(10,11)12)38-48(47)55(39-16-14-13-15-17-39)60-61(59)71-62(73-63(60)72)58(53-36-34-51(56)69-53)42-22-28-45(29-23-42)66(7,8)9/h13-38,68-69H,1-12H3. The van der Waals surface area contributed by atoms with E-state index in [0.29, 0.717) is 22.2 Å². The molecule has 73 heavy (non-hydrogen) atoms. The summed E-state index contributed by atoms with van der Waals surface area (Å²) in [6.07, 6.45) is 4.20. The third-order valence-corrected chi connectivity index (χ3v) is 14.8. The zero-order valence-electron chi connectivity index (χ0n) is 44.2. The third-order valence-electron chi connectivity index (χ3n) is 14.8. The van der Waals surface area contributed by atoms with Crippen LogP contribution in [0.4, 0.5) is 0 Å². The van der Waals surface area contributed by atoms with Crippen LogP contribution >= 0.6 is 0 Å². The van der Waals surface area contributed by atoms with Gasteiger partial charge in [0.25, 0.3) is 0 Å². The van der Waals surface area contributed by atoms with Gasteiger partial charge in [-0.25, -0.2) is 14.8 Å². The van der Waals surface area contributed by atoms with E-state index in [1.165, 1.54) is 16.7 Å². The molecule has 1 aliphatic rings. The molecule has 0 unspecified atom stereocenters. The van der Waals surface area contributed by atoms with Crippen LogP contribution in [0.2, 0.25) is 0 Å². The highest BCUT2D eigenvalue weighted by molar-refractivity contribution is 6.24. The first kappa shape index (κ1) is 47.5. The normalized spacial score (nSPS) is 12.9. The van der Waals surface area contributed by atoms with Crippen molar-refractivity contribution in [1.29, 1.82) is 0 Å². The molecule has 0 aliphatic carbocycles. The smallest absolute Gasteiger partial charge is 0.347 e. The van der Waals surface area contributed by atoms with Crippen LogP contribution in [0.5, 0.6) is 0 Å². The lowest BCUT2D eigenvalue weighted by atomic mass is 9.83. The van der Waals surface area contributed by atoms with Crippen molar-refractivity contribution in [1.82, 2.24) is 19.9 Å². The molecule has 10 aromatic rings. The van der Waals surface area contributed by atoms with Crippen molar-refractivity contribution >= 4 is 67.0 Å². The number of benzene rings is 6. The molecule has 1 aliphatic heterocycles. The monoisotopic (exact) mass is 957 g/mol. The molecule has 0 radical (unpaired) electrons. The second kappa shape index (κ2) is 17.2. The van der Waals surface area contributed by atoms with Crippen molar-refractivity contribution in [3.8, 4) is 44.5 Å².